The first kappa shape index (κ1) is 12.7. The van der Waals surface area contributed by atoms with Crippen molar-refractivity contribution in [3.05, 3.63) is 35.4 Å². The molecule has 1 amide bonds. The third-order valence-electron chi connectivity index (χ3n) is 2.40. The zero-order chi connectivity index (χ0) is 12.0. The Hall–Kier alpha value is -1.39. The number of carbonyl (C=O) groups excluding carboxylic acids is 1. The van der Waals surface area contributed by atoms with Crippen LogP contribution in [0.1, 0.15) is 22.8 Å². The van der Waals surface area contributed by atoms with Crippen molar-refractivity contribution in [1.82, 2.24) is 5.32 Å². The molecule has 0 aromatic heterocycles. The van der Waals surface area contributed by atoms with E-state index in [9.17, 15) is 4.79 Å². The lowest BCUT2D eigenvalue weighted by molar-refractivity contribution is 0.100. The van der Waals surface area contributed by atoms with E-state index < -0.39 is 5.91 Å². The monoisotopic (exact) mass is 222 g/mol. The number of ether oxygens (including phenoxy) is 1. The molecule has 3 N–H and O–H groups in total. The minimum atomic E-state index is -0.396. The highest BCUT2D eigenvalue weighted by Gasteiger charge is 2.01. The van der Waals surface area contributed by atoms with E-state index in [0.717, 1.165) is 18.7 Å². The summed E-state index contributed by atoms with van der Waals surface area (Å²) in [5.41, 5.74) is 6.81. The number of nitrogens with one attached hydrogen (secondary N) is 1. The van der Waals surface area contributed by atoms with Crippen LogP contribution in [-0.2, 0) is 11.3 Å². The van der Waals surface area contributed by atoms with E-state index in [4.69, 9.17) is 10.5 Å². The van der Waals surface area contributed by atoms with Gasteiger partial charge in [0.15, 0.2) is 0 Å². The van der Waals surface area contributed by atoms with Crippen molar-refractivity contribution in [2.24, 2.45) is 5.73 Å². The van der Waals surface area contributed by atoms with Crippen LogP contribution in [0.5, 0.6) is 0 Å². The first-order valence-electron chi connectivity index (χ1n) is 5.25. The van der Waals surface area contributed by atoms with Gasteiger partial charge in [-0.1, -0.05) is 12.1 Å². The highest BCUT2D eigenvalue weighted by atomic mass is 16.5. The van der Waals surface area contributed by atoms with Gasteiger partial charge in [0.2, 0.25) is 5.91 Å². The number of rotatable bonds is 6. The second-order valence-corrected chi connectivity index (χ2v) is 3.74. The van der Waals surface area contributed by atoms with Crippen molar-refractivity contribution in [3.8, 4) is 0 Å². The lowest BCUT2D eigenvalue weighted by Crippen LogP contribution is -2.25. The van der Waals surface area contributed by atoms with Gasteiger partial charge in [-0.15, -0.1) is 0 Å². The van der Waals surface area contributed by atoms with Crippen molar-refractivity contribution >= 4 is 5.91 Å². The van der Waals surface area contributed by atoms with Gasteiger partial charge >= 0.3 is 0 Å². The molecule has 1 aromatic rings. The van der Waals surface area contributed by atoms with Gasteiger partial charge in [-0.05, 0) is 24.6 Å². The molecule has 0 aliphatic heterocycles. The highest BCUT2D eigenvalue weighted by Crippen LogP contribution is 2.03. The SMILES string of the molecule is COC(C)CNCc1ccc(C(N)=O)cc1. The predicted octanol–water partition coefficient (Wildman–Crippen LogP) is 0.910. The topological polar surface area (TPSA) is 64.3 Å². The Labute approximate surface area is 95.8 Å². The first-order chi connectivity index (χ1) is 7.63. The normalized spacial score (nSPS) is 12.4. The molecule has 0 saturated heterocycles. The van der Waals surface area contributed by atoms with Gasteiger partial charge in [-0.25, -0.2) is 0 Å². The van der Waals surface area contributed by atoms with E-state index in [2.05, 4.69) is 5.32 Å². The number of hydrogen-bond donors (Lipinski definition) is 2. The van der Waals surface area contributed by atoms with Gasteiger partial charge in [0, 0.05) is 25.8 Å². The number of nitrogens with two attached hydrogens (primary N) is 1. The Morgan fingerprint density at radius 3 is 2.56 bits per heavy atom. The number of primary amides is 1. The van der Waals surface area contributed by atoms with Crippen LogP contribution in [0.3, 0.4) is 0 Å². The largest absolute Gasteiger partial charge is 0.380 e. The fraction of sp³-hybridized carbons (Fsp3) is 0.417. The summed E-state index contributed by atoms with van der Waals surface area (Å²) in [5.74, 6) is -0.396. The molecule has 0 saturated carbocycles. The zero-order valence-electron chi connectivity index (χ0n) is 9.69. The van der Waals surface area contributed by atoms with E-state index in [0.29, 0.717) is 5.56 Å². The minimum absolute atomic E-state index is 0.199. The lowest BCUT2D eigenvalue weighted by Gasteiger charge is -2.10. The number of methoxy groups -OCH3 is 1. The van der Waals surface area contributed by atoms with Crippen LogP contribution in [0.2, 0.25) is 0 Å². The molecule has 0 spiro atoms. The van der Waals surface area contributed by atoms with Crippen LogP contribution in [0.15, 0.2) is 24.3 Å². The number of benzene rings is 1. The molecule has 4 nitrogen and oxygen atoms in total. The van der Waals surface area contributed by atoms with Crippen LogP contribution in [0.4, 0.5) is 0 Å². The quantitative estimate of drug-likeness (QED) is 0.752. The summed E-state index contributed by atoms with van der Waals surface area (Å²) in [6.07, 6.45) is 0.199. The van der Waals surface area contributed by atoms with Gasteiger partial charge in [-0.2, -0.15) is 0 Å². The van der Waals surface area contributed by atoms with Crippen molar-refractivity contribution in [3.63, 3.8) is 0 Å². The van der Waals surface area contributed by atoms with E-state index in [1.54, 1.807) is 19.2 Å². The van der Waals surface area contributed by atoms with Gasteiger partial charge in [0.25, 0.3) is 0 Å². The molecule has 0 fully saturated rings. The third-order valence-corrected chi connectivity index (χ3v) is 2.40. The second-order valence-electron chi connectivity index (χ2n) is 3.74. The molecule has 0 bridgehead atoms. The molecule has 4 heteroatoms. The van der Waals surface area contributed by atoms with Crippen molar-refractivity contribution in [2.75, 3.05) is 13.7 Å². The Kier molecular flexibility index (Phi) is 4.95. The first-order valence-corrected chi connectivity index (χ1v) is 5.25. The number of amides is 1. The van der Waals surface area contributed by atoms with E-state index in [1.807, 2.05) is 19.1 Å². The summed E-state index contributed by atoms with van der Waals surface area (Å²) in [5, 5.41) is 3.26. The van der Waals surface area contributed by atoms with Crippen molar-refractivity contribution in [1.29, 1.82) is 0 Å². The molecule has 0 radical (unpaired) electrons. The van der Waals surface area contributed by atoms with Crippen molar-refractivity contribution < 1.29 is 9.53 Å². The fourth-order valence-electron chi connectivity index (χ4n) is 1.29. The molecule has 0 aliphatic carbocycles. The summed E-state index contributed by atoms with van der Waals surface area (Å²) in [7, 11) is 1.69. The summed E-state index contributed by atoms with van der Waals surface area (Å²) < 4.78 is 5.11. The summed E-state index contributed by atoms with van der Waals surface area (Å²) in [6.45, 7) is 3.56. The maximum Gasteiger partial charge on any atom is 0.248 e. The molecule has 1 atom stereocenters. The van der Waals surface area contributed by atoms with Crippen LogP contribution in [0.25, 0.3) is 0 Å². The maximum absolute atomic E-state index is 10.8. The number of carbonyl (C=O) groups is 1. The van der Waals surface area contributed by atoms with Crippen LogP contribution >= 0.6 is 0 Å². The smallest absolute Gasteiger partial charge is 0.248 e. The standard InChI is InChI=1S/C12H18N2O2/c1-9(16-2)7-14-8-10-3-5-11(6-4-10)12(13)15/h3-6,9,14H,7-8H2,1-2H3,(H2,13,15). The van der Waals surface area contributed by atoms with Crippen LogP contribution in [-0.4, -0.2) is 25.7 Å². The van der Waals surface area contributed by atoms with Gasteiger partial charge < -0.3 is 15.8 Å². The molecular weight excluding hydrogens is 204 g/mol. The average Bonchev–Trinajstić information content (AvgIpc) is 2.29. The summed E-state index contributed by atoms with van der Waals surface area (Å²) >= 11 is 0. The molecule has 0 heterocycles. The Morgan fingerprint density at radius 2 is 2.06 bits per heavy atom. The molecule has 1 unspecified atom stereocenters. The Balaban J connectivity index is 2.40. The molecule has 88 valence electrons. The van der Waals surface area contributed by atoms with E-state index in [-0.39, 0.29) is 6.10 Å². The Bertz CT molecular complexity index is 335. The second kappa shape index (κ2) is 6.25. The lowest BCUT2D eigenvalue weighted by atomic mass is 10.1. The van der Waals surface area contributed by atoms with Gasteiger partial charge in [0.1, 0.15) is 0 Å². The minimum Gasteiger partial charge on any atom is -0.380 e. The fourth-order valence-corrected chi connectivity index (χ4v) is 1.29. The van der Waals surface area contributed by atoms with Gasteiger partial charge in [-0.3, -0.25) is 4.79 Å². The average molecular weight is 222 g/mol. The van der Waals surface area contributed by atoms with E-state index in [1.165, 1.54) is 0 Å². The predicted molar refractivity (Wildman–Crippen MR) is 63.1 cm³/mol. The third kappa shape index (κ3) is 4.00. The number of hydrogen-bond acceptors (Lipinski definition) is 3. The highest BCUT2D eigenvalue weighted by molar-refractivity contribution is 5.92. The maximum atomic E-state index is 10.8. The molecule has 1 aromatic carbocycles. The molecular formula is C12H18N2O2. The molecule has 0 aliphatic rings. The zero-order valence-corrected chi connectivity index (χ0v) is 9.69. The molecule has 1 rings (SSSR count). The summed E-state index contributed by atoms with van der Waals surface area (Å²) in [4.78, 5) is 10.8. The van der Waals surface area contributed by atoms with Crippen molar-refractivity contribution in [2.45, 2.75) is 19.6 Å². The van der Waals surface area contributed by atoms with E-state index >= 15 is 0 Å². The summed E-state index contributed by atoms with van der Waals surface area (Å²) in [6, 6.07) is 7.26. The Morgan fingerprint density at radius 1 is 1.44 bits per heavy atom. The van der Waals surface area contributed by atoms with Gasteiger partial charge in [0.05, 0.1) is 6.10 Å². The van der Waals surface area contributed by atoms with Crippen LogP contribution in [0, 0.1) is 0 Å². The molecule has 16 heavy (non-hydrogen) atoms. The van der Waals surface area contributed by atoms with Crippen LogP contribution < -0.4 is 11.1 Å².